The molecule has 142 valence electrons. The molecule has 1 aliphatic heterocycles. The van der Waals surface area contributed by atoms with Crippen LogP contribution in [0.5, 0.6) is 5.75 Å². The summed E-state index contributed by atoms with van der Waals surface area (Å²) in [4.78, 5) is 12.6. The zero-order valence-corrected chi connectivity index (χ0v) is 18.3. The Bertz CT molecular complexity index is 924. The van der Waals surface area contributed by atoms with Crippen molar-refractivity contribution >= 4 is 39.2 Å². The van der Waals surface area contributed by atoms with Crippen LogP contribution in [0.3, 0.4) is 0 Å². The lowest BCUT2D eigenvalue weighted by Gasteiger charge is -2.28. The lowest BCUT2D eigenvalue weighted by atomic mass is 9.78. The van der Waals surface area contributed by atoms with Gasteiger partial charge in [-0.05, 0) is 56.6 Å². The smallest absolute Gasteiger partial charge is 0.256 e. The average molecular weight is 428 g/mol. The van der Waals surface area contributed by atoms with Crippen molar-refractivity contribution in [2.75, 3.05) is 5.32 Å². The lowest BCUT2D eigenvalue weighted by Crippen LogP contribution is -2.17. The minimum atomic E-state index is -0.211. The third-order valence-corrected chi connectivity index (χ3v) is 5.51. The van der Waals surface area contributed by atoms with Gasteiger partial charge in [-0.15, -0.1) is 0 Å². The van der Waals surface area contributed by atoms with Crippen LogP contribution in [-0.2, 0) is 15.6 Å². The van der Waals surface area contributed by atoms with Crippen LogP contribution < -0.4 is 5.32 Å². The number of amides is 1. The quantitative estimate of drug-likeness (QED) is 0.528. The molecule has 0 radical (unpaired) electrons. The summed E-state index contributed by atoms with van der Waals surface area (Å²) in [5.74, 6) is 0.232. The SMILES string of the molecule is CC(C)(C)c1cc(/C=C2/C(=O)Nc3c(Br)cccc32)cc(C(C)(C)C)c1O. The third kappa shape index (κ3) is 3.68. The molecule has 0 saturated heterocycles. The first kappa shape index (κ1) is 19.7. The molecule has 4 heteroatoms. The molecule has 0 saturated carbocycles. The Morgan fingerprint density at radius 3 is 2.07 bits per heavy atom. The Kier molecular flexibility index (Phi) is 4.75. The summed E-state index contributed by atoms with van der Waals surface area (Å²) in [6, 6.07) is 9.76. The minimum absolute atomic E-state index is 0.111. The number of anilines is 1. The highest BCUT2D eigenvalue weighted by Crippen LogP contribution is 2.42. The van der Waals surface area contributed by atoms with Crippen LogP contribution in [0.15, 0.2) is 34.8 Å². The van der Waals surface area contributed by atoms with Gasteiger partial charge in [-0.2, -0.15) is 0 Å². The van der Waals surface area contributed by atoms with E-state index in [0.29, 0.717) is 11.3 Å². The Balaban J connectivity index is 2.23. The standard InChI is InChI=1S/C23H26BrNO2/c1-22(2,3)16-11-13(12-17(20(16)26)23(4,5)6)10-15-14-8-7-9-18(24)19(14)25-21(15)27/h7-12,26H,1-6H3,(H,25,27)/b15-10+. The molecular formula is C23H26BrNO2. The summed E-state index contributed by atoms with van der Waals surface area (Å²) in [5, 5.41) is 13.8. The van der Waals surface area contributed by atoms with E-state index in [1.807, 2.05) is 36.4 Å². The maximum Gasteiger partial charge on any atom is 0.256 e. The molecule has 0 bridgehead atoms. The van der Waals surface area contributed by atoms with Crippen molar-refractivity contribution < 1.29 is 9.90 Å². The Hall–Kier alpha value is -2.07. The first-order valence-electron chi connectivity index (χ1n) is 9.09. The maximum absolute atomic E-state index is 12.6. The first-order chi connectivity index (χ1) is 12.4. The number of nitrogens with one attached hydrogen (secondary N) is 1. The van der Waals surface area contributed by atoms with Gasteiger partial charge in [-0.3, -0.25) is 4.79 Å². The van der Waals surface area contributed by atoms with Gasteiger partial charge in [0.05, 0.1) is 5.69 Å². The highest BCUT2D eigenvalue weighted by Gasteiger charge is 2.28. The van der Waals surface area contributed by atoms with Crippen molar-refractivity contribution in [3.8, 4) is 5.75 Å². The van der Waals surface area contributed by atoms with Crippen molar-refractivity contribution in [3.05, 3.63) is 57.1 Å². The molecule has 2 aromatic carbocycles. The van der Waals surface area contributed by atoms with E-state index in [1.165, 1.54) is 0 Å². The highest BCUT2D eigenvalue weighted by molar-refractivity contribution is 9.10. The average Bonchev–Trinajstić information content (AvgIpc) is 2.84. The van der Waals surface area contributed by atoms with E-state index in [9.17, 15) is 9.90 Å². The molecule has 0 atom stereocenters. The van der Waals surface area contributed by atoms with E-state index >= 15 is 0 Å². The fourth-order valence-electron chi connectivity index (χ4n) is 3.37. The van der Waals surface area contributed by atoms with Crippen molar-refractivity contribution in [2.45, 2.75) is 52.4 Å². The lowest BCUT2D eigenvalue weighted by molar-refractivity contribution is -0.110. The molecular weight excluding hydrogens is 402 g/mol. The van der Waals surface area contributed by atoms with Crippen LogP contribution in [0.1, 0.15) is 63.8 Å². The molecule has 0 fully saturated rings. The fraction of sp³-hybridized carbons (Fsp3) is 0.348. The predicted octanol–water partition coefficient (Wildman–Crippen LogP) is 6.24. The number of rotatable bonds is 1. The maximum atomic E-state index is 12.6. The van der Waals surface area contributed by atoms with E-state index < -0.39 is 0 Å². The molecule has 0 aromatic heterocycles. The topological polar surface area (TPSA) is 49.3 Å². The number of phenolic OH excluding ortho intramolecular Hbond substituents is 1. The zero-order chi connectivity index (χ0) is 20.1. The van der Waals surface area contributed by atoms with Crippen molar-refractivity contribution in [2.24, 2.45) is 0 Å². The van der Waals surface area contributed by atoms with Crippen LogP contribution in [0.25, 0.3) is 11.6 Å². The number of benzene rings is 2. The molecule has 1 aliphatic rings. The van der Waals surface area contributed by atoms with Gasteiger partial charge in [-0.1, -0.05) is 53.7 Å². The largest absolute Gasteiger partial charge is 0.507 e. The number of hydrogen-bond acceptors (Lipinski definition) is 2. The van der Waals surface area contributed by atoms with Gasteiger partial charge in [0.1, 0.15) is 5.75 Å². The molecule has 3 nitrogen and oxygen atoms in total. The predicted molar refractivity (Wildman–Crippen MR) is 116 cm³/mol. The number of para-hydroxylation sites is 1. The summed E-state index contributed by atoms with van der Waals surface area (Å²) in [6.07, 6.45) is 1.91. The molecule has 1 heterocycles. The second-order valence-electron chi connectivity index (χ2n) is 9.14. The molecule has 0 spiro atoms. The number of carbonyl (C=O) groups is 1. The van der Waals surface area contributed by atoms with Crippen LogP contribution >= 0.6 is 15.9 Å². The van der Waals surface area contributed by atoms with Crippen LogP contribution in [0, 0.1) is 0 Å². The van der Waals surface area contributed by atoms with Gasteiger partial charge in [-0.25, -0.2) is 0 Å². The molecule has 0 aliphatic carbocycles. The summed E-state index contributed by atoms with van der Waals surface area (Å²) >= 11 is 3.50. The Morgan fingerprint density at radius 1 is 1.00 bits per heavy atom. The Labute approximate surface area is 169 Å². The van der Waals surface area contributed by atoms with Gasteiger partial charge in [0.15, 0.2) is 0 Å². The van der Waals surface area contributed by atoms with Gasteiger partial charge in [0, 0.05) is 26.7 Å². The number of halogens is 1. The second-order valence-corrected chi connectivity index (χ2v) is 9.99. The van der Waals surface area contributed by atoms with Gasteiger partial charge in [0.2, 0.25) is 0 Å². The number of fused-ring (bicyclic) bond motifs is 1. The fourth-order valence-corrected chi connectivity index (χ4v) is 3.84. The molecule has 2 aromatic rings. The van der Waals surface area contributed by atoms with Gasteiger partial charge >= 0.3 is 0 Å². The molecule has 3 rings (SSSR count). The number of aromatic hydroxyl groups is 1. The van der Waals surface area contributed by atoms with E-state index in [4.69, 9.17) is 0 Å². The Morgan fingerprint density at radius 2 is 1.56 bits per heavy atom. The molecule has 0 unspecified atom stereocenters. The van der Waals surface area contributed by atoms with Gasteiger partial charge < -0.3 is 10.4 Å². The number of carbonyl (C=O) groups excluding carboxylic acids is 1. The van der Waals surface area contributed by atoms with Crippen molar-refractivity contribution in [1.29, 1.82) is 0 Å². The molecule has 1 amide bonds. The highest BCUT2D eigenvalue weighted by atomic mass is 79.9. The second kappa shape index (κ2) is 6.52. The summed E-state index contributed by atoms with van der Waals surface area (Å²) in [5.41, 5.74) is 4.59. The number of phenols is 1. The summed E-state index contributed by atoms with van der Waals surface area (Å²) < 4.78 is 0.869. The third-order valence-electron chi connectivity index (χ3n) is 4.85. The minimum Gasteiger partial charge on any atom is -0.507 e. The van der Waals surface area contributed by atoms with E-state index in [0.717, 1.165) is 32.4 Å². The first-order valence-corrected chi connectivity index (χ1v) is 9.89. The normalized spacial score (nSPS) is 15.8. The van der Waals surface area contributed by atoms with E-state index in [1.54, 1.807) is 0 Å². The van der Waals surface area contributed by atoms with Crippen molar-refractivity contribution in [1.82, 2.24) is 0 Å². The van der Waals surface area contributed by atoms with Crippen LogP contribution in [0.2, 0.25) is 0 Å². The molecule has 27 heavy (non-hydrogen) atoms. The summed E-state index contributed by atoms with van der Waals surface area (Å²) in [7, 11) is 0. The van der Waals surface area contributed by atoms with E-state index in [2.05, 4.69) is 62.8 Å². The van der Waals surface area contributed by atoms with Crippen LogP contribution in [0.4, 0.5) is 5.69 Å². The monoisotopic (exact) mass is 427 g/mol. The van der Waals surface area contributed by atoms with E-state index in [-0.39, 0.29) is 16.7 Å². The summed E-state index contributed by atoms with van der Waals surface area (Å²) in [6.45, 7) is 12.5. The van der Waals surface area contributed by atoms with Crippen molar-refractivity contribution in [3.63, 3.8) is 0 Å². The molecule has 2 N–H and O–H groups in total. The van der Waals surface area contributed by atoms with Crippen LogP contribution in [-0.4, -0.2) is 11.0 Å². The zero-order valence-electron chi connectivity index (χ0n) is 16.7. The van der Waals surface area contributed by atoms with Gasteiger partial charge in [0.25, 0.3) is 5.91 Å². The number of hydrogen-bond donors (Lipinski definition) is 2.